The molecule has 0 amide bonds. The first-order valence-corrected chi connectivity index (χ1v) is 8.93. The number of hydrogen-bond donors (Lipinski definition) is 0. The third kappa shape index (κ3) is 4.62. The van der Waals surface area contributed by atoms with E-state index in [1.54, 1.807) is 0 Å². The van der Waals surface area contributed by atoms with E-state index in [2.05, 4.69) is 55.5 Å². The second-order valence-electron chi connectivity index (χ2n) is 5.06. The molecular weight excluding hydrogens is 424 g/mol. The maximum absolute atomic E-state index is 3.43. The minimum Gasteiger partial charge on any atom is -0.0616 e. The second-order valence-corrected chi connectivity index (χ2v) is 6.89. The summed E-state index contributed by atoms with van der Waals surface area (Å²) in [5.41, 5.74) is 3.83. The fourth-order valence-corrected chi connectivity index (χ4v) is 2.58. The first kappa shape index (κ1) is 16.6. The van der Waals surface area contributed by atoms with E-state index in [9.17, 15) is 0 Å². The standard InChI is InChI=1S/C22H12Br2/c23-21-13-7-17(8-14-21)5-11-19-3-1-2-4-20(19)12-6-18-9-15-22(24)16-10-18/h1-4,7-10,13-16H. The molecule has 0 fully saturated rings. The molecule has 114 valence electrons. The molecule has 0 N–H and O–H groups in total. The summed E-state index contributed by atoms with van der Waals surface area (Å²) in [4.78, 5) is 0. The van der Waals surface area contributed by atoms with E-state index >= 15 is 0 Å². The monoisotopic (exact) mass is 434 g/mol. The van der Waals surface area contributed by atoms with Gasteiger partial charge >= 0.3 is 0 Å². The smallest absolute Gasteiger partial charge is 0.0405 e. The van der Waals surface area contributed by atoms with Crippen LogP contribution in [0.4, 0.5) is 0 Å². The predicted molar refractivity (Wildman–Crippen MR) is 107 cm³/mol. The van der Waals surface area contributed by atoms with Crippen molar-refractivity contribution < 1.29 is 0 Å². The Labute approximate surface area is 159 Å². The van der Waals surface area contributed by atoms with Crippen molar-refractivity contribution in [1.82, 2.24) is 0 Å². The maximum Gasteiger partial charge on any atom is 0.0405 e. The normalized spacial score (nSPS) is 9.42. The van der Waals surface area contributed by atoms with Gasteiger partial charge in [0.2, 0.25) is 0 Å². The van der Waals surface area contributed by atoms with Crippen LogP contribution in [0, 0.1) is 23.7 Å². The molecule has 0 aliphatic rings. The minimum atomic E-state index is 0.935. The highest BCUT2D eigenvalue weighted by Crippen LogP contribution is 2.12. The summed E-state index contributed by atoms with van der Waals surface area (Å²) in [6.45, 7) is 0. The Morgan fingerprint density at radius 3 is 1.21 bits per heavy atom. The molecule has 0 saturated heterocycles. The van der Waals surface area contributed by atoms with Gasteiger partial charge in [0.05, 0.1) is 0 Å². The lowest BCUT2D eigenvalue weighted by atomic mass is 10.1. The van der Waals surface area contributed by atoms with Gasteiger partial charge in [-0.25, -0.2) is 0 Å². The molecule has 0 bridgehead atoms. The summed E-state index contributed by atoms with van der Waals surface area (Å²) in [6, 6.07) is 23.9. The molecule has 3 aromatic rings. The Bertz CT molecular complexity index is 878. The zero-order valence-corrected chi connectivity index (χ0v) is 15.9. The number of benzene rings is 3. The summed E-state index contributed by atoms with van der Waals surface area (Å²) in [5, 5.41) is 0. The average molecular weight is 436 g/mol. The number of halogens is 2. The van der Waals surface area contributed by atoms with Crippen molar-refractivity contribution in [1.29, 1.82) is 0 Å². The van der Waals surface area contributed by atoms with Crippen molar-refractivity contribution >= 4 is 31.9 Å². The molecular formula is C22H12Br2. The first-order valence-electron chi connectivity index (χ1n) is 7.35. The van der Waals surface area contributed by atoms with Crippen LogP contribution >= 0.6 is 31.9 Å². The SMILES string of the molecule is Brc1ccc(C#Cc2ccccc2C#Cc2ccc(Br)cc2)cc1. The summed E-state index contributed by atoms with van der Waals surface area (Å²) in [7, 11) is 0. The largest absolute Gasteiger partial charge is 0.0616 e. The van der Waals surface area contributed by atoms with Crippen LogP contribution in [-0.2, 0) is 0 Å². The van der Waals surface area contributed by atoms with Crippen LogP contribution in [-0.4, -0.2) is 0 Å². The predicted octanol–water partition coefficient (Wildman–Crippen LogP) is 6.01. The molecule has 0 aliphatic heterocycles. The molecule has 0 nitrogen and oxygen atoms in total. The Kier molecular flexibility index (Phi) is 5.55. The van der Waals surface area contributed by atoms with Crippen molar-refractivity contribution in [3.05, 3.63) is 104 Å². The van der Waals surface area contributed by atoms with Crippen LogP contribution in [0.3, 0.4) is 0 Å². The lowest BCUT2D eigenvalue weighted by Gasteiger charge is -1.96. The van der Waals surface area contributed by atoms with Crippen molar-refractivity contribution in [2.75, 3.05) is 0 Å². The highest BCUT2D eigenvalue weighted by molar-refractivity contribution is 9.10. The van der Waals surface area contributed by atoms with E-state index in [0.29, 0.717) is 0 Å². The van der Waals surface area contributed by atoms with Crippen LogP contribution < -0.4 is 0 Å². The van der Waals surface area contributed by atoms with Gasteiger partial charge < -0.3 is 0 Å². The molecule has 0 spiro atoms. The molecule has 0 radical (unpaired) electrons. The van der Waals surface area contributed by atoms with E-state index < -0.39 is 0 Å². The van der Waals surface area contributed by atoms with Crippen molar-refractivity contribution in [3.63, 3.8) is 0 Å². The van der Waals surface area contributed by atoms with Gasteiger partial charge in [-0.05, 0) is 60.7 Å². The van der Waals surface area contributed by atoms with E-state index in [4.69, 9.17) is 0 Å². The molecule has 0 saturated carbocycles. The highest BCUT2D eigenvalue weighted by Gasteiger charge is 1.95. The molecule has 0 aliphatic carbocycles. The Morgan fingerprint density at radius 1 is 0.458 bits per heavy atom. The summed E-state index contributed by atoms with van der Waals surface area (Å²) in [5.74, 6) is 12.8. The molecule has 3 aromatic carbocycles. The Hall–Kier alpha value is -2.26. The minimum absolute atomic E-state index is 0.935. The molecule has 0 aromatic heterocycles. The van der Waals surface area contributed by atoms with Gasteiger partial charge in [0.1, 0.15) is 0 Å². The first-order chi connectivity index (χ1) is 11.7. The van der Waals surface area contributed by atoms with E-state index in [1.165, 1.54) is 0 Å². The second kappa shape index (κ2) is 8.02. The molecule has 0 unspecified atom stereocenters. The van der Waals surface area contributed by atoms with Crippen LogP contribution in [0.5, 0.6) is 0 Å². The topological polar surface area (TPSA) is 0 Å². The zero-order valence-electron chi connectivity index (χ0n) is 12.7. The van der Waals surface area contributed by atoms with Crippen LogP contribution in [0.1, 0.15) is 22.3 Å². The van der Waals surface area contributed by atoms with Crippen molar-refractivity contribution in [2.24, 2.45) is 0 Å². The van der Waals surface area contributed by atoms with Gasteiger partial charge in [0.15, 0.2) is 0 Å². The van der Waals surface area contributed by atoms with E-state index in [-0.39, 0.29) is 0 Å². The van der Waals surface area contributed by atoms with Gasteiger partial charge in [0.25, 0.3) is 0 Å². The third-order valence-electron chi connectivity index (χ3n) is 3.30. The van der Waals surface area contributed by atoms with E-state index in [0.717, 1.165) is 31.2 Å². The average Bonchev–Trinajstić information content (AvgIpc) is 2.61. The van der Waals surface area contributed by atoms with Gasteiger partial charge in [-0.15, -0.1) is 0 Å². The lowest BCUT2D eigenvalue weighted by molar-refractivity contribution is 1.56. The molecule has 3 rings (SSSR count). The highest BCUT2D eigenvalue weighted by atomic mass is 79.9. The fraction of sp³-hybridized carbons (Fsp3) is 0. The number of hydrogen-bond acceptors (Lipinski definition) is 0. The van der Waals surface area contributed by atoms with Gasteiger partial charge in [-0.1, -0.05) is 67.7 Å². The molecule has 24 heavy (non-hydrogen) atoms. The van der Waals surface area contributed by atoms with E-state index in [1.807, 2.05) is 72.8 Å². The quantitative estimate of drug-likeness (QED) is 0.379. The van der Waals surface area contributed by atoms with Crippen molar-refractivity contribution in [3.8, 4) is 23.7 Å². The van der Waals surface area contributed by atoms with Crippen LogP contribution in [0.25, 0.3) is 0 Å². The maximum atomic E-state index is 3.43. The number of rotatable bonds is 0. The van der Waals surface area contributed by atoms with Gasteiger partial charge in [-0.3, -0.25) is 0 Å². The molecule has 0 heterocycles. The Morgan fingerprint density at radius 2 is 0.833 bits per heavy atom. The fourth-order valence-electron chi connectivity index (χ4n) is 2.05. The lowest BCUT2D eigenvalue weighted by Crippen LogP contribution is -1.83. The van der Waals surface area contributed by atoms with Crippen molar-refractivity contribution in [2.45, 2.75) is 0 Å². The van der Waals surface area contributed by atoms with Gasteiger partial charge in [0, 0.05) is 31.2 Å². The van der Waals surface area contributed by atoms with Crippen LogP contribution in [0.15, 0.2) is 81.7 Å². The summed E-state index contributed by atoms with van der Waals surface area (Å²) < 4.78 is 2.10. The third-order valence-corrected chi connectivity index (χ3v) is 4.36. The Balaban J connectivity index is 1.89. The van der Waals surface area contributed by atoms with Gasteiger partial charge in [-0.2, -0.15) is 0 Å². The van der Waals surface area contributed by atoms with Crippen LogP contribution in [0.2, 0.25) is 0 Å². The summed E-state index contributed by atoms with van der Waals surface area (Å²) >= 11 is 6.86. The molecule has 0 atom stereocenters. The zero-order chi connectivity index (χ0) is 16.8. The molecule has 2 heteroatoms. The summed E-state index contributed by atoms with van der Waals surface area (Å²) in [6.07, 6.45) is 0.